The van der Waals surface area contributed by atoms with E-state index in [0.29, 0.717) is 29.5 Å². The molecule has 36 heteroatoms. The molecule has 0 spiro atoms. The molecule has 33 nitrogen and oxygen atoms in total. The maximum atomic E-state index is 13.9. The van der Waals surface area contributed by atoms with E-state index in [9.17, 15) is 72.2 Å². The number of benzene rings is 3. The van der Waals surface area contributed by atoms with Crippen molar-refractivity contribution in [1.82, 2.24) is 56.0 Å². The molecule has 0 aliphatic carbocycles. The number of likely N-dealkylation sites (N-methyl/N-ethyl adjacent to an activating group) is 3. The fraction of sp³-hybridized carbons (Fsp3) is 0.614. The Labute approximate surface area is 723 Å². The summed E-state index contributed by atoms with van der Waals surface area (Å²) in [7, 11) is 6.82. The molecule has 12 atom stereocenters. The monoisotopic (exact) mass is 1680 g/mol. The van der Waals surface area contributed by atoms with E-state index in [0.717, 1.165) is 9.80 Å². The summed E-state index contributed by atoms with van der Waals surface area (Å²) in [4.78, 5) is 184. The number of aliphatic hydroxyl groups excluding tert-OH is 1. The number of halogens is 1. The van der Waals surface area contributed by atoms with Gasteiger partial charge in [-0.2, -0.15) is 0 Å². The van der Waals surface area contributed by atoms with Crippen molar-refractivity contribution in [2.75, 3.05) is 61.6 Å². The van der Waals surface area contributed by atoms with Crippen molar-refractivity contribution in [1.29, 1.82) is 0 Å². The molecule has 9 N–H and O–H groups in total. The molecule has 3 aliphatic heterocycles. The normalized spacial score (nSPS) is 18.5. The molecular weight excluding hydrogens is 1550 g/mol. The smallest absolute Gasteiger partial charge is 1.00 e. The Morgan fingerprint density at radius 1 is 0.454 bits per heavy atom. The number of carboxylic acids is 1. The third-order valence-electron chi connectivity index (χ3n) is 19.0. The molecule has 3 heterocycles. The van der Waals surface area contributed by atoms with Crippen LogP contribution in [0.15, 0.2) is 91.0 Å². The van der Waals surface area contributed by atoms with Crippen LogP contribution in [0.4, 0.5) is 14.4 Å². The van der Waals surface area contributed by atoms with Crippen molar-refractivity contribution in [2.45, 2.75) is 254 Å². The fourth-order valence-corrected chi connectivity index (χ4v) is 11.8. The fourth-order valence-electron chi connectivity index (χ4n) is 11.8. The number of carboxylic acid groups (broad SMARTS) is 1. The first kappa shape index (κ1) is 110. The number of esters is 2. The maximum Gasteiger partial charge on any atom is 1.00 e. The first-order valence-electron chi connectivity index (χ1n) is 38.5. The van der Waals surface area contributed by atoms with Gasteiger partial charge in [-0.3, -0.25) is 53.1 Å². The Hall–Kier alpha value is -9.49. The van der Waals surface area contributed by atoms with Crippen LogP contribution in [0.25, 0.3) is 0 Å². The number of nitrogens with one attached hydrogen (secondary N) is 5. The van der Waals surface area contributed by atoms with Gasteiger partial charge in [-0.15, -0.1) is 12.4 Å². The minimum atomic E-state index is -1.06. The van der Waals surface area contributed by atoms with Crippen molar-refractivity contribution < 1.29 is 121 Å². The molecule has 3 radical (unpaired) electrons. The molecule has 119 heavy (non-hydrogen) atoms. The Kier molecular flexibility index (Phi) is 43.2. The minimum Gasteiger partial charge on any atom is -1.00 e. The number of aliphatic carboxylic acids is 1. The van der Waals surface area contributed by atoms with Crippen LogP contribution >= 0.6 is 12.4 Å². The van der Waals surface area contributed by atoms with Crippen molar-refractivity contribution in [3.05, 3.63) is 108 Å². The zero-order valence-electron chi connectivity index (χ0n) is 75.4. The van der Waals surface area contributed by atoms with Gasteiger partial charge >= 0.3 is 55.0 Å². The number of ether oxygens (including phenoxy) is 5. The van der Waals surface area contributed by atoms with E-state index in [1.807, 2.05) is 53.7 Å². The van der Waals surface area contributed by atoms with Gasteiger partial charge in [0, 0.05) is 96.8 Å². The predicted molar refractivity (Wildman–Crippen MR) is 447 cm³/mol. The van der Waals surface area contributed by atoms with Gasteiger partial charge in [0.25, 0.3) is 17.7 Å². The summed E-state index contributed by atoms with van der Waals surface area (Å²) in [5, 5.41) is 32.9. The number of hydrogen-bond acceptors (Lipinski definition) is 21. The summed E-state index contributed by atoms with van der Waals surface area (Å²) in [6.07, 6.45) is -1.10. The Morgan fingerprint density at radius 2 is 0.723 bits per heavy atom. The van der Waals surface area contributed by atoms with E-state index in [-0.39, 0.29) is 115 Å². The van der Waals surface area contributed by atoms with Gasteiger partial charge in [0.05, 0.1) is 32.9 Å². The zero-order chi connectivity index (χ0) is 88.8. The molecule has 0 saturated carbocycles. The molecule has 3 saturated heterocycles. The number of carbonyl (C=O) groups excluding carboxylic acids is 13. The number of nitrogens with two attached hydrogens (primary N) is 1. The first-order chi connectivity index (χ1) is 53.3. The predicted octanol–water partition coefficient (Wildman–Crippen LogP) is 3.93. The second-order valence-electron chi connectivity index (χ2n) is 35.3. The van der Waals surface area contributed by atoms with Gasteiger partial charge in [-0.25, -0.2) is 28.8 Å². The summed E-state index contributed by atoms with van der Waals surface area (Å²) in [5.41, 5.74) is 3.66. The van der Waals surface area contributed by atoms with Gasteiger partial charge in [-0.1, -0.05) is 117 Å². The largest absolute Gasteiger partial charge is 1.00 e. The number of amides is 11. The van der Waals surface area contributed by atoms with Crippen molar-refractivity contribution in [3.8, 4) is 0 Å². The number of likely N-dealkylation sites (tertiary alicyclic amines) is 3. The third-order valence-corrected chi connectivity index (χ3v) is 19.0. The molecule has 11 amide bonds. The number of hydrogen-bond donors (Lipinski definition) is 8. The zero-order valence-corrected chi connectivity index (χ0v) is 75.3. The van der Waals surface area contributed by atoms with Crippen LogP contribution in [0.3, 0.4) is 0 Å². The average molecular weight is 1690 g/mol. The van der Waals surface area contributed by atoms with E-state index in [4.69, 9.17) is 34.5 Å². The van der Waals surface area contributed by atoms with Crippen LogP contribution in [-0.4, -0.2) is 282 Å². The Bertz CT molecular complexity index is 3900. The summed E-state index contributed by atoms with van der Waals surface area (Å²) < 4.78 is 25.5. The van der Waals surface area contributed by atoms with Crippen LogP contribution in [-0.2, 0) is 62.0 Å². The van der Waals surface area contributed by atoms with Gasteiger partial charge in [0.1, 0.15) is 59.1 Å². The van der Waals surface area contributed by atoms with E-state index in [1.165, 1.54) is 68.8 Å². The van der Waals surface area contributed by atoms with Crippen LogP contribution in [0.1, 0.15) is 197 Å². The number of aliphatic hydroxyl groups is 1. The SMILES string of the molecule is COC(=O)[C@@H]1C[C@H](NC(=O)c2ccccc2)CN1C(=O)[C@@H](N)C(C)(C)C.COC(=O)[C@@H]1C[C@H](NC(=O)c2ccccc2)CN1C(=O)[C@@H](NC(=O)[C@H](C)N(C)C(=O)OC(C)(C)C)C(C)(C)C.C[C@@H](C(=O)N[C@H](C(=O)N1C[C@@H](NC(=O)c2ccccc2)C[C@H]1CO)C(C)(C)C)N(C)C(=O)OC(C)(C)C.C[C@@H](C(=O)O)N(C)C(=O)OC(C)(C)C.Cl.[B].[H-].[Li+]. The molecule has 3 fully saturated rings. The molecular formula is C83H130BClLiN12O21. The van der Waals surface area contributed by atoms with Gasteiger partial charge < -0.3 is 82.3 Å². The quantitative estimate of drug-likeness (QED) is 0.0451. The average Bonchev–Trinajstić information content (AvgIpc) is 1.63. The first-order valence-corrected chi connectivity index (χ1v) is 38.5. The number of nitrogens with zero attached hydrogens (tertiary/aromatic N) is 6. The number of rotatable bonds is 20. The molecule has 6 rings (SSSR count). The van der Waals surface area contributed by atoms with Gasteiger partial charge in [0.15, 0.2) is 0 Å². The summed E-state index contributed by atoms with van der Waals surface area (Å²) in [6, 6.07) is 17.4. The molecule has 0 aromatic heterocycles. The minimum absolute atomic E-state index is 0. The van der Waals surface area contributed by atoms with E-state index >= 15 is 0 Å². The Morgan fingerprint density at radius 3 is 0.983 bits per heavy atom. The summed E-state index contributed by atoms with van der Waals surface area (Å²) in [6.45, 7) is 36.8. The van der Waals surface area contributed by atoms with E-state index in [1.54, 1.807) is 169 Å². The topological polar surface area (TPSA) is 431 Å². The number of carbonyl (C=O) groups is 14. The van der Waals surface area contributed by atoms with Crippen LogP contribution in [0, 0.1) is 16.2 Å². The third kappa shape index (κ3) is 34.3. The second kappa shape index (κ2) is 46.9. The van der Waals surface area contributed by atoms with Crippen LogP contribution in [0.5, 0.6) is 0 Å². The summed E-state index contributed by atoms with van der Waals surface area (Å²) in [5.74, 6) is -5.22. The van der Waals surface area contributed by atoms with Crippen LogP contribution < -0.4 is 51.2 Å². The van der Waals surface area contributed by atoms with Gasteiger partial charge in [-0.05, 0) is 142 Å². The molecule has 3 aliphatic rings. The maximum absolute atomic E-state index is 13.9. The molecule has 3 aromatic carbocycles. The standard InChI is InChI=1S/C28H42N4O7.C27H42N4O6.C19H27N3O4.C9H17NO4.B.ClH.Li.H/c1-17(31(8)26(37)39-28(5,6)7)22(33)30-21(27(2,3)4)24(35)32-16-19(15-20(32)25(36)38-9)29-23(34)18-13-11-10-12-14-18;1-17(30(8)25(36)37-27(5,6)7)22(33)29-21(26(2,3)4)24(35)31-15-19(14-20(31)16-32)28-23(34)18-12-10-9-11-13-18;1-19(2,3)15(20)17(24)22-11-13(10-14(22)18(25)26-4)21-16(23)12-8-6-5-7-9-12;1-6(7(11)12)10(5)8(13)14-9(2,3)4;;;;/h10-14,17,19-21H,15-16H2,1-9H3,(H,29,34)(H,30,33);9-13,17,19-21,32H,14-16H2,1-8H3,(H,28,34)(H,29,33);5-9,13-15H,10-11,20H2,1-4H3,(H,21,23);6H,1-5H3,(H,11,12);;1H;;/q;;;;;;+1;-1/t2*17-,19-,20-,21+;13-,14-,15+;6-;;;;/m0000..../s1. The summed E-state index contributed by atoms with van der Waals surface area (Å²) >= 11 is 0. The van der Waals surface area contributed by atoms with E-state index in [2.05, 4.69) is 26.6 Å². The van der Waals surface area contributed by atoms with Gasteiger partial charge in [0.2, 0.25) is 29.5 Å². The molecule has 659 valence electrons. The molecule has 0 unspecified atom stereocenters. The van der Waals surface area contributed by atoms with Crippen molar-refractivity contribution >= 4 is 104 Å². The van der Waals surface area contributed by atoms with E-state index < -0.39 is 147 Å². The van der Waals surface area contributed by atoms with Crippen molar-refractivity contribution in [3.63, 3.8) is 0 Å². The van der Waals surface area contributed by atoms with Crippen LogP contribution in [0.2, 0.25) is 0 Å². The van der Waals surface area contributed by atoms with Crippen molar-refractivity contribution in [2.24, 2.45) is 22.0 Å². The second-order valence-corrected chi connectivity index (χ2v) is 35.3. The molecule has 0 bridgehead atoms. The molecule has 3 aromatic rings. The number of methoxy groups -OCH3 is 2. The Balaban J connectivity index is 0.